The molecule has 0 aliphatic carbocycles. The highest BCUT2D eigenvalue weighted by atomic mass is 19.4. The second-order valence-electron chi connectivity index (χ2n) is 1.26. The highest BCUT2D eigenvalue weighted by Crippen LogP contribution is 2.18. The monoisotopic (exact) mass is 192 g/mol. The predicted molar refractivity (Wildman–Crippen MR) is 21.7 cm³/mol. The van der Waals surface area contributed by atoms with Gasteiger partial charge in [0, 0.05) is 0 Å². The molecule has 0 N–H and O–H groups in total. The number of hydroxylamine groups is 2. The number of nitriles is 1. The molecule has 0 fully saturated rings. The molecule has 4 nitrogen and oxygen atoms in total. The molecule has 0 bridgehead atoms. The number of halogens is 5. The fraction of sp³-hybridized carbons (Fsp3) is 0.667. The minimum absolute atomic E-state index is 0.579. The van der Waals surface area contributed by atoms with Gasteiger partial charge in [0.25, 0.3) is 0 Å². The van der Waals surface area contributed by atoms with Crippen LogP contribution in [0.15, 0.2) is 0 Å². The molecule has 0 atom stereocenters. The first kappa shape index (κ1) is 10.9. The summed E-state index contributed by atoms with van der Waals surface area (Å²) in [5.41, 5.74) is 0. The SMILES string of the molecule is N#CN(OC(F)F)OC(F)(F)F. The van der Waals surface area contributed by atoms with E-state index in [0.29, 0.717) is 6.19 Å². The van der Waals surface area contributed by atoms with Crippen LogP contribution >= 0.6 is 0 Å². The van der Waals surface area contributed by atoms with Crippen molar-refractivity contribution in [1.29, 1.82) is 5.26 Å². The highest BCUT2D eigenvalue weighted by molar-refractivity contribution is 4.54. The molecule has 0 aliphatic rings. The molecule has 0 aromatic rings. The second-order valence-corrected chi connectivity index (χ2v) is 1.26. The van der Waals surface area contributed by atoms with E-state index in [1.54, 1.807) is 0 Å². The van der Waals surface area contributed by atoms with Gasteiger partial charge in [-0.15, -0.1) is 18.0 Å². The third kappa shape index (κ3) is 5.63. The lowest BCUT2D eigenvalue weighted by Gasteiger charge is -2.13. The third-order valence-corrected chi connectivity index (χ3v) is 0.443. The smallest absolute Gasteiger partial charge is 0.177 e. The molecule has 0 spiro atoms. The number of rotatable bonds is 3. The van der Waals surface area contributed by atoms with Crippen molar-refractivity contribution in [2.24, 2.45) is 0 Å². The summed E-state index contributed by atoms with van der Waals surface area (Å²) in [6, 6.07) is 0. The molecule has 70 valence electrons. The minimum Gasteiger partial charge on any atom is -0.177 e. The summed E-state index contributed by atoms with van der Waals surface area (Å²) in [7, 11) is 0. The molecule has 0 heterocycles. The van der Waals surface area contributed by atoms with Gasteiger partial charge in [-0.1, -0.05) is 0 Å². The van der Waals surface area contributed by atoms with Gasteiger partial charge in [-0.2, -0.15) is 18.9 Å². The fourth-order valence-corrected chi connectivity index (χ4v) is 0.232. The van der Waals surface area contributed by atoms with Crippen molar-refractivity contribution >= 4 is 0 Å². The van der Waals surface area contributed by atoms with Crippen LogP contribution in [0, 0.1) is 11.5 Å². The van der Waals surface area contributed by atoms with Gasteiger partial charge in [-0.25, -0.2) is 0 Å². The predicted octanol–water partition coefficient (Wildman–Crippen LogP) is 1.38. The molecule has 12 heavy (non-hydrogen) atoms. The Bertz CT molecular complexity index is 175. The standard InChI is InChI=1S/C3HF5N2O2/c4-2(5)11-10(1-9)12-3(6,7)8/h2H. The van der Waals surface area contributed by atoms with E-state index in [1.165, 1.54) is 0 Å². The summed E-state index contributed by atoms with van der Waals surface area (Å²) < 4.78 is 56.0. The lowest BCUT2D eigenvalue weighted by atomic mass is 11.3. The van der Waals surface area contributed by atoms with Crippen molar-refractivity contribution in [3.8, 4) is 6.19 Å². The van der Waals surface area contributed by atoms with E-state index < -0.39 is 18.2 Å². The molecular weight excluding hydrogens is 191 g/mol. The van der Waals surface area contributed by atoms with Gasteiger partial charge in [0.05, 0.1) is 0 Å². The van der Waals surface area contributed by atoms with Crippen molar-refractivity contribution in [3.63, 3.8) is 0 Å². The number of hydrogen-bond donors (Lipinski definition) is 0. The number of alkyl halides is 5. The van der Waals surface area contributed by atoms with E-state index in [9.17, 15) is 22.0 Å². The molecule has 0 aromatic carbocycles. The van der Waals surface area contributed by atoms with Crippen LogP contribution in [0.2, 0.25) is 0 Å². The molecule has 9 heteroatoms. The van der Waals surface area contributed by atoms with Crippen LogP contribution in [0.3, 0.4) is 0 Å². The third-order valence-electron chi connectivity index (χ3n) is 0.443. The maximum Gasteiger partial charge on any atom is 0.546 e. The van der Waals surface area contributed by atoms with E-state index in [1.807, 2.05) is 0 Å². The van der Waals surface area contributed by atoms with Crippen molar-refractivity contribution in [3.05, 3.63) is 0 Å². The van der Waals surface area contributed by atoms with E-state index in [-0.39, 0.29) is 0 Å². The van der Waals surface area contributed by atoms with E-state index in [4.69, 9.17) is 5.26 Å². The van der Waals surface area contributed by atoms with Crippen molar-refractivity contribution in [1.82, 2.24) is 5.23 Å². The molecule has 0 amide bonds. The molecule has 0 radical (unpaired) electrons. The quantitative estimate of drug-likeness (QED) is 0.293. The Kier molecular flexibility index (Phi) is 3.65. The normalized spacial score (nSPS) is 11.4. The van der Waals surface area contributed by atoms with E-state index in [0.717, 1.165) is 0 Å². The van der Waals surface area contributed by atoms with Gasteiger partial charge in [-0.05, 0) is 5.23 Å². The van der Waals surface area contributed by atoms with Crippen LogP contribution in [0.25, 0.3) is 0 Å². The molecule has 0 rings (SSSR count). The van der Waals surface area contributed by atoms with Crippen molar-refractivity contribution in [2.45, 2.75) is 13.0 Å². The zero-order valence-corrected chi connectivity index (χ0v) is 5.18. The van der Waals surface area contributed by atoms with Gasteiger partial charge < -0.3 is 0 Å². The van der Waals surface area contributed by atoms with E-state index in [2.05, 4.69) is 9.68 Å². The van der Waals surface area contributed by atoms with Crippen LogP contribution in [0.1, 0.15) is 0 Å². The van der Waals surface area contributed by atoms with Crippen LogP contribution < -0.4 is 0 Å². The molecule has 0 saturated heterocycles. The van der Waals surface area contributed by atoms with Gasteiger partial charge in [-0.3, -0.25) is 0 Å². The Labute approximate surface area is 62.6 Å². The second kappa shape index (κ2) is 4.03. The summed E-state index contributed by atoms with van der Waals surface area (Å²) in [5.74, 6) is 0. The zero-order valence-electron chi connectivity index (χ0n) is 5.18. The van der Waals surface area contributed by atoms with Gasteiger partial charge in [0.1, 0.15) is 0 Å². The van der Waals surface area contributed by atoms with Gasteiger partial charge in [0.2, 0.25) is 6.19 Å². The molecule has 0 saturated carbocycles. The largest absolute Gasteiger partial charge is 0.546 e. The maximum absolute atomic E-state index is 11.2. The molecule has 0 unspecified atom stereocenters. The summed E-state index contributed by atoms with van der Waals surface area (Å²) in [4.78, 5) is 5.64. The van der Waals surface area contributed by atoms with Crippen LogP contribution in [0.4, 0.5) is 22.0 Å². The number of hydrogen-bond acceptors (Lipinski definition) is 4. The first-order valence-electron chi connectivity index (χ1n) is 2.26. The topological polar surface area (TPSA) is 45.5 Å². The Balaban J connectivity index is 3.95. The highest BCUT2D eigenvalue weighted by Gasteiger charge is 2.35. The molecule has 0 aliphatic heterocycles. The lowest BCUT2D eigenvalue weighted by Crippen LogP contribution is -2.29. The Morgan fingerprint density at radius 3 is 2.08 bits per heavy atom. The van der Waals surface area contributed by atoms with Gasteiger partial charge in [0.15, 0.2) is 0 Å². The summed E-state index contributed by atoms with van der Waals surface area (Å²) in [6.45, 7) is -3.56. The molecule has 0 aromatic heterocycles. The van der Waals surface area contributed by atoms with Crippen LogP contribution in [-0.2, 0) is 9.68 Å². The lowest BCUT2D eigenvalue weighted by molar-refractivity contribution is -0.497. The van der Waals surface area contributed by atoms with Gasteiger partial charge >= 0.3 is 13.0 Å². The van der Waals surface area contributed by atoms with Crippen molar-refractivity contribution in [2.75, 3.05) is 0 Å². The average Bonchev–Trinajstić information content (AvgIpc) is 1.82. The average molecular weight is 192 g/mol. The van der Waals surface area contributed by atoms with Crippen molar-refractivity contribution < 1.29 is 31.6 Å². The number of nitrogens with zero attached hydrogens (tertiary/aromatic N) is 2. The first-order valence-corrected chi connectivity index (χ1v) is 2.26. The van der Waals surface area contributed by atoms with Crippen LogP contribution in [-0.4, -0.2) is 18.2 Å². The maximum atomic E-state index is 11.2. The van der Waals surface area contributed by atoms with Crippen LogP contribution in [0.5, 0.6) is 0 Å². The Morgan fingerprint density at radius 2 is 1.83 bits per heavy atom. The van der Waals surface area contributed by atoms with E-state index >= 15 is 0 Å². The Morgan fingerprint density at radius 1 is 1.33 bits per heavy atom. The minimum atomic E-state index is -5.25. The molecular formula is C3HF5N2O2. The summed E-state index contributed by atoms with van der Waals surface area (Å²) in [5, 5.41) is 6.69. The summed E-state index contributed by atoms with van der Waals surface area (Å²) >= 11 is 0. The fourth-order valence-electron chi connectivity index (χ4n) is 0.232. The summed E-state index contributed by atoms with van der Waals surface area (Å²) in [6.07, 6.45) is -4.67. The first-order chi connectivity index (χ1) is 5.35. The zero-order chi connectivity index (χ0) is 9.78. The Hall–Kier alpha value is -1.14.